The summed E-state index contributed by atoms with van der Waals surface area (Å²) < 4.78 is 1.69. The highest BCUT2D eigenvalue weighted by Crippen LogP contribution is 2.34. The van der Waals surface area contributed by atoms with Crippen LogP contribution < -0.4 is 5.73 Å². The van der Waals surface area contributed by atoms with Crippen molar-refractivity contribution in [3.8, 4) is 16.9 Å². The molecule has 2 aromatic carbocycles. The lowest BCUT2D eigenvalue weighted by Crippen LogP contribution is -2.03. The highest BCUT2D eigenvalue weighted by atomic mass is 15.5. The molecule has 0 fully saturated rings. The average molecular weight is 292 g/mol. The van der Waals surface area contributed by atoms with E-state index in [1.165, 1.54) is 22.3 Å². The summed E-state index contributed by atoms with van der Waals surface area (Å²) in [5.74, 6) is 0.572. The van der Waals surface area contributed by atoms with Crippen LogP contribution >= 0.6 is 0 Å². The molecule has 0 atom stereocenters. The minimum Gasteiger partial charge on any atom is -0.382 e. The standard InChI is InChI=1S/C18H20N4/c1-11-10-12(2)14(4)16(13(11)3)17-18(19)22(21-20-17)15-8-6-5-7-9-15/h5-10H,19H2,1-4H3. The van der Waals surface area contributed by atoms with Gasteiger partial charge in [0.05, 0.1) is 5.69 Å². The van der Waals surface area contributed by atoms with Gasteiger partial charge in [-0.3, -0.25) is 0 Å². The molecule has 0 saturated heterocycles. The van der Waals surface area contributed by atoms with Crippen LogP contribution in [-0.4, -0.2) is 15.0 Å². The number of nitrogen functional groups attached to an aromatic ring is 1. The quantitative estimate of drug-likeness (QED) is 0.782. The van der Waals surface area contributed by atoms with Gasteiger partial charge in [0, 0.05) is 5.56 Å². The third-order valence-electron chi connectivity index (χ3n) is 4.31. The summed E-state index contributed by atoms with van der Waals surface area (Å²) in [5.41, 5.74) is 14.0. The summed E-state index contributed by atoms with van der Waals surface area (Å²) in [5, 5.41) is 8.60. The second kappa shape index (κ2) is 5.30. The smallest absolute Gasteiger partial charge is 0.155 e. The summed E-state index contributed by atoms with van der Waals surface area (Å²) in [7, 11) is 0. The van der Waals surface area contributed by atoms with Crippen LogP contribution in [0.4, 0.5) is 5.82 Å². The van der Waals surface area contributed by atoms with E-state index >= 15 is 0 Å². The number of benzene rings is 2. The Labute approximate surface area is 130 Å². The van der Waals surface area contributed by atoms with Gasteiger partial charge >= 0.3 is 0 Å². The molecule has 0 bridgehead atoms. The molecule has 0 aliphatic carbocycles. The topological polar surface area (TPSA) is 56.7 Å². The van der Waals surface area contributed by atoms with E-state index in [-0.39, 0.29) is 0 Å². The SMILES string of the molecule is Cc1cc(C)c(C)c(-c2nnn(-c3ccccc3)c2N)c1C. The molecule has 0 aliphatic rings. The molecule has 0 amide bonds. The number of nitrogens with two attached hydrogens (primary N) is 1. The van der Waals surface area contributed by atoms with Gasteiger partial charge < -0.3 is 5.73 Å². The third kappa shape index (κ3) is 2.17. The zero-order chi connectivity index (χ0) is 15.9. The van der Waals surface area contributed by atoms with Crippen molar-refractivity contribution in [3.63, 3.8) is 0 Å². The van der Waals surface area contributed by atoms with Crippen LogP contribution in [0.2, 0.25) is 0 Å². The maximum absolute atomic E-state index is 6.34. The monoisotopic (exact) mass is 292 g/mol. The Hall–Kier alpha value is -2.62. The summed E-state index contributed by atoms with van der Waals surface area (Å²) in [6.07, 6.45) is 0. The van der Waals surface area contributed by atoms with Crippen LogP contribution in [0.3, 0.4) is 0 Å². The lowest BCUT2D eigenvalue weighted by Gasteiger charge is -2.14. The Bertz CT molecular complexity index is 806. The van der Waals surface area contributed by atoms with Crippen molar-refractivity contribution in [2.45, 2.75) is 27.7 Å². The fraction of sp³-hybridized carbons (Fsp3) is 0.222. The van der Waals surface area contributed by atoms with Crippen LogP contribution in [-0.2, 0) is 0 Å². The van der Waals surface area contributed by atoms with Crippen molar-refractivity contribution < 1.29 is 0 Å². The highest BCUT2D eigenvalue weighted by Gasteiger charge is 2.18. The molecule has 3 aromatic rings. The molecule has 4 heteroatoms. The molecule has 0 saturated carbocycles. The summed E-state index contributed by atoms with van der Waals surface area (Å²) >= 11 is 0. The third-order valence-corrected chi connectivity index (χ3v) is 4.31. The first kappa shape index (κ1) is 14.3. The summed E-state index contributed by atoms with van der Waals surface area (Å²) in [6.45, 7) is 8.45. The second-order valence-electron chi connectivity index (χ2n) is 5.71. The second-order valence-corrected chi connectivity index (χ2v) is 5.71. The number of hydrogen-bond donors (Lipinski definition) is 1. The molecule has 1 aromatic heterocycles. The number of anilines is 1. The lowest BCUT2D eigenvalue weighted by atomic mass is 9.92. The molecule has 4 nitrogen and oxygen atoms in total. The van der Waals surface area contributed by atoms with E-state index in [9.17, 15) is 0 Å². The normalized spacial score (nSPS) is 10.9. The minimum atomic E-state index is 0.572. The van der Waals surface area contributed by atoms with Gasteiger partial charge in [0.15, 0.2) is 5.82 Å². The van der Waals surface area contributed by atoms with Crippen LogP contribution in [0.15, 0.2) is 36.4 Å². The molecular formula is C18H20N4. The fourth-order valence-electron chi connectivity index (χ4n) is 2.80. The first-order valence-corrected chi connectivity index (χ1v) is 7.35. The van der Waals surface area contributed by atoms with E-state index < -0.39 is 0 Å². The number of aryl methyl sites for hydroxylation is 2. The van der Waals surface area contributed by atoms with Crippen molar-refractivity contribution in [1.29, 1.82) is 0 Å². The Balaban J connectivity index is 2.22. The Morgan fingerprint density at radius 2 is 1.50 bits per heavy atom. The van der Waals surface area contributed by atoms with Crippen molar-refractivity contribution in [2.24, 2.45) is 0 Å². The maximum Gasteiger partial charge on any atom is 0.155 e. The van der Waals surface area contributed by atoms with Crippen LogP contribution in [0.1, 0.15) is 22.3 Å². The summed E-state index contributed by atoms with van der Waals surface area (Å²) in [4.78, 5) is 0. The predicted molar refractivity (Wildman–Crippen MR) is 90.2 cm³/mol. The van der Waals surface area contributed by atoms with E-state index in [4.69, 9.17) is 5.73 Å². The van der Waals surface area contributed by atoms with Gasteiger partial charge in [-0.05, 0) is 62.1 Å². The molecular weight excluding hydrogens is 272 g/mol. The Morgan fingerprint density at radius 3 is 2.09 bits per heavy atom. The molecule has 0 radical (unpaired) electrons. The van der Waals surface area contributed by atoms with E-state index in [1.807, 2.05) is 30.3 Å². The largest absolute Gasteiger partial charge is 0.382 e. The molecule has 22 heavy (non-hydrogen) atoms. The van der Waals surface area contributed by atoms with Gasteiger partial charge in [-0.1, -0.05) is 29.5 Å². The molecule has 0 unspecified atom stereocenters. The van der Waals surface area contributed by atoms with Gasteiger partial charge in [0.2, 0.25) is 0 Å². The number of para-hydroxylation sites is 1. The molecule has 2 N–H and O–H groups in total. The lowest BCUT2D eigenvalue weighted by molar-refractivity contribution is 0.810. The number of hydrogen-bond acceptors (Lipinski definition) is 3. The van der Waals surface area contributed by atoms with Gasteiger partial charge in [-0.25, -0.2) is 0 Å². The van der Waals surface area contributed by atoms with Crippen molar-refractivity contribution in [3.05, 3.63) is 58.7 Å². The van der Waals surface area contributed by atoms with E-state index in [1.54, 1.807) is 4.68 Å². The highest BCUT2D eigenvalue weighted by molar-refractivity contribution is 5.78. The predicted octanol–water partition coefficient (Wildman–Crippen LogP) is 3.75. The van der Waals surface area contributed by atoms with Crippen molar-refractivity contribution >= 4 is 5.82 Å². The van der Waals surface area contributed by atoms with Gasteiger partial charge in [0.25, 0.3) is 0 Å². The van der Waals surface area contributed by atoms with E-state index in [0.29, 0.717) is 5.82 Å². The summed E-state index contributed by atoms with van der Waals surface area (Å²) in [6, 6.07) is 12.0. The zero-order valence-corrected chi connectivity index (χ0v) is 13.4. The minimum absolute atomic E-state index is 0.572. The van der Waals surface area contributed by atoms with Gasteiger partial charge in [0.1, 0.15) is 5.69 Å². The Kier molecular flexibility index (Phi) is 3.45. The van der Waals surface area contributed by atoms with E-state index in [0.717, 1.165) is 16.9 Å². The maximum atomic E-state index is 6.34. The zero-order valence-electron chi connectivity index (χ0n) is 13.4. The van der Waals surface area contributed by atoms with E-state index in [2.05, 4.69) is 44.1 Å². The van der Waals surface area contributed by atoms with Crippen molar-refractivity contribution in [2.75, 3.05) is 5.73 Å². The molecule has 0 spiro atoms. The number of nitrogens with zero attached hydrogens (tertiary/aromatic N) is 3. The van der Waals surface area contributed by atoms with Crippen LogP contribution in [0, 0.1) is 27.7 Å². The van der Waals surface area contributed by atoms with Crippen molar-refractivity contribution in [1.82, 2.24) is 15.0 Å². The average Bonchev–Trinajstić information content (AvgIpc) is 2.88. The molecule has 1 heterocycles. The fourth-order valence-corrected chi connectivity index (χ4v) is 2.80. The number of rotatable bonds is 2. The number of aromatic nitrogens is 3. The van der Waals surface area contributed by atoms with Gasteiger partial charge in [-0.2, -0.15) is 4.68 Å². The van der Waals surface area contributed by atoms with Crippen LogP contribution in [0.25, 0.3) is 16.9 Å². The molecule has 3 rings (SSSR count). The molecule has 0 aliphatic heterocycles. The molecule has 112 valence electrons. The Morgan fingerprint density at radius 1 is 0.909 bits per heavy atom. The first-order chi connectivity index (χ1) is 10.5. The van der Waals surface area contributed by atoms with Gasteiger partial charge in [-0.15, -0.1) is 5.10 Å². The van der Waals surface area contributed by atoms with Crippen LogP contribution in [0.5, 0.6) is 0 Å². The first-order valence-electron chi connectivity index (χ1n) is 7.35.